The molecule has 0 aliphatic rings. The number of carbonyl (C=O) groups is 2. The minimum absolute atomic E-state index is 0.462. The lowest BCUT2D eigenvalue weighted by atomic mass is 10.2. The molecular weight excluding hydrogens is 352 g/mol. The molecule has 3 amide bonds. The summed E-state index contributed by atoms with van der Waals surface area (Å²) in [7, 11) is 0. The van der Waals surface area contributed by atoms with E-state index in [-0.39, 0.29) is 0 Å². The largest absolute Gasteiger partial charge is 0.467 e. The van der Waals surface area contributed by atoms with Gasteiger partial charge in [0.2, 0.25) is 5.91 Å². The molecule has 1 atom stereocenters. The standard InChI is InChI=1S/C18H18N4O3S/c1-12(16(23)21-17(19)24)26-18-20-10-15(13-6-3-2-4-7-13)22(18)11-14-8-5-9-25-14/h2-10,12H,11H2,1H3,(H3,19,21,23,24). The second kappa shape index (κ2) is 7.92. The third-order valence-electron chi connectivity index (χ3n) is 3.68. The van der Waals surface area contributed by atoms with Gasteiger partial charge in [0.25, 0.3) is 0 Å². The summed E-state index contributed by atoms with van der Waals surface area (Å²) in [6, 6.07) is 12.7. The van der Waals surface area contributed by atoms with Crippen molar-refractivity contribution < 1.29 is 14.0 Å². The number of amides is 3. The zero-order valence-corrected chi connectivity index (χ0v) is 14.9. The molecule has 1 aromatic carbocycles. The Morgan fingerprint density at radius 1 is 1.27 bits per heavy atom. The van der Waals surface area contributed by atoms with Gasteiger partial charge in [-0.3, -0.25) is 10.1 Å². The second-order valence-corrected chi connectivity index (χ2v) is 6.88. The van der Waals surface area contributed by atoms with Crippen LogP contribution >= 0.6 is 11.8 Å². The SMILES string of the molecule is CC(Sc1ncc(-c2ccccc2)n1Cc1ccco1)C(=O)NC(N)=O. The Balaban J connectivity index is 1.91. The number of thioether (sulfide) groups is 1. The van der Waals surface area contributed by atoms with E-state index in [1.165, 1.54) is 11.8 Å². The molecule has 1 unspecified atom stereocenters. The number of rotatable bonds is 6. The molecule has 0 bridgehead atoms. The third kappa shape index (κ3) is 4.15. The molecule has 0 fully saturated rings. The lowest BCUT2D eigenvalue weighted by Gasteiger charge is -2.13. The molecule has 3 rings (SSSR count). The van der Waals surface area contributed by atoms with E-state index in [4.69, 9.17) is 10.2 Å². The van der Waals surface area contributed by atoms with Crippen LogP contribution in [-0.4, -0.2) is 26.7 Å². The molecule has 0 radical (unpaired) electrons. The number of furan rings is 1. The van der Waals surface area contributed by atoms with Crippen LogP contribution in [0.4, 0.5) is 4.79 Å². The number of hydrogen-bond donors (Lipinski definition) is 2. The highest BCUT2D eigenvalue weighted by Gasteiger charge is 2.21. The van der Waals surface area contributed by atoms with Crippen LogP contribution in [0.1, 0.15) is 12.7 Å². The summed E-state index contributed by atoms with van der Waals surface area (Å²) < 4.78 is 7.44. The van der Waals surface area contributed by atoms with E-state index in [1.54, 1.807) is 19.4 Å². The van der Waals surface area contributed by atoms with Gasteiger partial charge in [-0.1, -0.05) is 42.1 Å². The molecule has 0 spiro atoms. The monoisotopic (exact) mass is 370 g/mol. The van der Waals surface area contributed by atoms with E-state index >= 15 is 0 Å². The number of nitrogens with one attached hydrogen (secondary N) is 1. The number of carbonyl (C=O) groups excluding carboxylic acids is 2. The number of aromatic nitrogens is 2. The first-order chi connectivity index (χ1) is 12.5. The van der Waals surface area contributed by atoms with Crippen LogP contribution in [-0.2, 0) is 11.3 Å². The van der Waals surface area contributed by atoms with Gasteiger partial charge in [-0.05, 0) is 24.6 Å². The van der Waals surface area contributed by atoms with Crippen molar-refractivity contribution in [2.45, 2.75) is 23.9 Å². The van der Waals surface area contributed by atoms with Crippen LogP contribution in [0.2, 0.25) is 0 Å². The van der Waals surface area contributed by atoms with Crippen molar-refractivity contribution in [3.8, 4) is 11.3 Å². The zero-order chi connectivity index (χ0) is 18.5. The molecular formula is C18H18N4O3S. The molecule has 26 heavy (non-hydrogen) atoms. The lowest BCUT2D eigenvalue weighted by molar-refractivity contribution is -0.119. The predicted octanol–water partition coefficient (Wildman–Crippen LogP) is 2.87. The van der Waals surface area contributed by atoms with E-state index in [9.17, 15) is 9.59 Å². The molecule has 7 nitrogen and oxygen atoms in total. The van der Waals surface area contributed by atoms with E-state index in [0.29, 0.717) is 11.7 Å². The molecule has 0 aliphatic carbocycles. The molecule has 2 aromatic heterocycles. The van der Waals surface area contributed by atoms with Gasteiger partial charge >= 0.3 is 6.03 Å². The Morgan fingerprint density at radius 2 is 2.04 bits per heavy atom. The fraction of sp³-hybridized carbons (Fsp3) is 0.167. The van der Waals surface area contributed by atoms with Gasteiger partial charge in [0.15, 0.2) is 5.16 Å². The molecule has 8 heteroatoms. The van der Waals surface area contributed by atoms with Crippen LogP contribution in [0.3, 0.4) is 0 Å². The van der Waals surface area contributed by atoms with Crippen LogP contribution in [0, 0.1) is 0 Å². The van der Waals surface area contributed by atoms with Gasteiger partial charge in [0.1, 0.15) is 5.76 Å². The quantitative estimate of drug-likeness (QED) is 0.650. The Hall–Kier alpha value is -3.00. The number of nitrogens with two attached hydrogens (primary N) is 1. The number of benzene rings is 1. The number of urea groups is 1. The summed E-state index contributed by atoms with van der Waals surface area (Å²) in [4.78, 5) is 27.3. The fourth-order valence-electron chi connectivity index (χ4n) is 2.44. The minimum atomic E-state index is -0.869. The maximum Gasteiger partial charge on any atom is 0.318 e. The summed E-state index contributed by atoms with van der Waals surface area (Å²) in [6.07, 6.45) is 3.38. The van der Waals surface area contributed by atoms with Crippen molar-refractivity contribution in [2.75, 3.05) is 0 Å². The predicted molar refractivity (Wildman–Crippen MR) is 98.5 cm³/mol. The van der Waals surface area contributed by atoms with E-state index < -0.39 is 17.2 Å². The van der Waals surface area contributed by atoms with Gasteiger partial charge in [0.05, 0.1) is 29.9 Å². The zero-order valence-electron chi connectivity index (χ0n) is 14.1. The molecule has 0 saturated carbocycles. The van der Waals surface area contributed by atoms with E-state index in [2.05, 4.69) is 10.3 Å². The highest BCUT2D eigenvalue weighted by atomic mass is 32.2. The van der Waals surface area contributed by atoms with Gasteiger partial charge in [0, 0.05) is 0 Å². The Morgan fingerprint density at radius 3 is 2.69 bits per heavy atom. The molecule has 0 aliphatic heterocycles. The first-order valence-corrected chi connectivity index (χ1v) is 8.83. The van der Waals surface area contributed by atoms with Crippen LogP contribution in [0.5, 0.6) is 0 Å². The Kier molecular flexibility index (Phi) is 5.43. The maximum atomic E-state index is 12.0. The number of nitrogens with zero attached hydrogens (tertiary/aromatic N) is 2. The highest BCUT2D eigenvalue weighted by molar-refractivity contribution is 8.00. The first kappa shape index (κ1) is 17.8. The maximum absolute atomic E-state index is 12.0. The molecule has 3 N–H and O–H groups in total. The first-order valence-electron chi connectivity index (χ1n) is 7.95. The summed E-state index contributed by atoms with van der Waals surface area (Å²) in [5.74, 6) is 0.313. The van der Waals surface area contributed by atoms with Gasteiger partial charge < -0.3 is 14.7 Å². The Labute approximate surface area is 154 Å². The Bertz CT molecular complexity index is 891. The summed E-state index contributed by atoms with van der Waals surface area (Å²) in [6.45, 7) is 2.17. The van der Waals surface area contributed by atoms with Crippen LogP contribution in [0.15, 0.2) is 64.5 Å². The lowest BCUT2D eigenvalue weighted by Crippen LogP contribution is -2.39. The van der Waals surface area contributed by atoms with E-state index in [1.807, 2.05) is 47.0 Å². The van der Waals surface area contributed by atoms with Crippen molar-refractivity contribution in [3.05, 3.63) is 60.7 Å². The number of imide groups is 1. The van der Waals surface area contributed by atoms with E-state index in [0.717, 1.165) is 17.0 Å². The van der Waals surface area contributed by atoms with Crippen molar-refractivity contribution in [1.29, 1.82) is 0 Å². The van der Waals surface area contributed by atoms with Crippen molar-refractivity contribution in [2.24, 2.45) is 5.73 Å². The highest BCUT2D eigenvalue weighted by Crippen LogP contribution is 2.29. The van der Waals surface area contributed by atoms with Crippen molar-refractivity contribution in [3.63, 3.8) is 0 Å². The van der Waals surface area contributed by atoms with Crippen molar-refractivity contribution in [1.82, 2.24) is 14.9 Å². The molecule has 2 heterocycles. The number of imidazole rings is 1. The number of primary amides is 1. The smallest absolute Gasteiger partial charge is 0.318 e. The molecule has 134 valence electrons. The summed E-state index contributed by atoms with van der Waals surface area (Å²) in [5.41, 5.74) is 6.93. The summed E-state index contributed by atoms with van der Waals surface area (Å²) in [5, 5.41) is 2.20. The van der Waals surface area contributed by atoms with Gasteiger partial charge in [-0.25, -0.2) is 9.78 Å². The average Bonchev–Trinajstić information content (AvgIpc) is 3.26. The van der Waals surface area contributed by atoms with Crippen LogP contribution < -0.4 is 11.1 Å². The molecule has 0 saturated heterocycles. The van der Waals surface area contributed by atoms with Gasteiger partial charge in [-0.2, -0.15) is 0 Å². The molecule has 3 aromatic rings. The van der Waals surface area contributed by atoms with Crippen LogP contribution in [0.25, 0.3) is 11.3 Å². The summed E-state index contributed by atoms with van der Waals surface area (Å²) >= 11 is 1.25. The fourth-order valence-corrected chi connectivity index (χ4v) is 3.32. The third-order valence-corrected chi connectivity index (χ3v) is 4.78. The van der Waals surface area contributed by atoms with Gasteiger partial charge in [-0.15, -0.1) is 0 Å². The number of hydrogen-bond acceptors (Lipinski definition) is 5. The minimum Gasteiger partial charge on any atom is -0.467 e. The van der Waals surface area contributed by atoms with Crippen molar-refractivity contribution >= 4 is 23.7 Å². The normalized spacial score (nSPS) is 11.9. The topological polar surface area (TPSA) is 103 Å². The average molecular weight is 370 g/mol. The second-order valence-electron chi connectivity index (χ2n) is 5.57.